The van der Waals surface area contributed by atoms with Gasteiger partial charge in [-0.2, -0.15) is 0 Å². The monoisotopic (exact) mass is 314 g/mol. The molecule has 0 atom stereocenters. The number of amides is 2. The Morgan fingerprint density at radius 2 is 1.43 bits per heavy atom. The zero-order chi connectivity index (χ0) is 16.8. The van der Waals surface area contributed by atoms with Gasteiger partial charge in [-0.1, -0.05) is 0 Å². The van der Waals surface area contributed by atoms with Crippen LogP contribution in [-0.4, -0.2) is 33.1 Å². The molecule has 0 aliphatic rings. The van der Waals surface area contributed by atoms with Crippen molar-refractivity contribution in [1.82, 2.24) is 5.32 Å². The second-order valence-electron chi connectivity index (χ2n) is 4.68. The standard InChI is InChI=1S/C17H18N2O4/c1-18-16(20)11-4-7-13(8-5-11)19-17(21)12-6-9-14(22-2)15(10-12)23-3/h4-10H,1-3H3,(H,18,20)(H,19,21). The van der Waals surface area contributed by atoms with E-state index in [1.165, 1.54) is 14.2 Å². The molecule has 120 valence electrons. The molecule has 23 heavy (non-hydrogen) atoms. The van der Waals surface area contributed by atoms with Gasteiger partial charge in [0.15, 0.2) is 11.5 Å². The number of hydrogen-bond donors (Lipinski definition) is 2. The topological polar surface area (TPSA) is 76.7 Å². The van der Waals surface area contributed by atoms with Crippen molar-refractivity contribution in [3.05, 3.63) is 53.6 Å². The maximum absolute atomic E-state index is 12.3. The predicted molar refractivity (Wildman–Crippen MR) is 87.3 cm³/mol. The molecule has 0 saturated carbocycles. The molecule has 0 unspecified atom stereocenters. The second-order valence-corrected chi connectivity index (χ2v) is 4.68. The zero-order valence-corrected chi connectivity index (χ0v) is 13.2. The molecule has 0 fully saturated rings. The first-order valence-electron chi connectivity index (χ1n) is 6.94. The predicted octanol–water partition coefficient (Wildman–Crippen LogP) is 2.32. The van der Waals surface area contributed by atoms with E-state index >= 15 is 0 Å². The van der Waals surface area contributed by atoms with Gasteiger partial charge >= 0.3 is 0 Å². The highest BCUT2D eigenvalue weighted by molar-refractivity contribution is 6.05. The van der Waals surface area contributed by atoms with E-state index in [9.17, 15) is 9.59 Å². The number of methoxy groups -OCH3 is 2. The average molecular weight is 314 g/mol. The van der Waals surface area contributed by atoms with Crippen molar-refractivity contribution in [3.63, 3.8) is 0 Å². The Morgan fingerprint density at radius 1 is 0.826 bits per heavy atom. The SMILES string of the molecule is CNC(=O)c1ccc(NC(=O)c2ccc(OC)c(OC)c2)cc1. The lowest BCUT2D eigenvalue weighted by Crippen LogP contribution is -2.17. The Morgan fingerprint density at radius 3 is 2.00 bits per heavy atom. The van der Waals surface area contributed by atoms with Gasteiger partial charge in [-0.15, -0.1) is 0 Å². The molecule has 6 heteroatoms. The maximum Gasteiger partial charge on any atom is 0.255 e. The van der Waals surface area contributed by atoms with Gasteiger partial charge in [0.25, 0.3) is 11.8 Å². The summed E-state index contributed by atoms with van der Waals surface area (Å²) in [5.74, 6) is 0.579. The van der Waals surface area contributed by atoms with Crippen LogP contribution in [0, 0.1) is 0 Å². The second kappa shape index (κ2) is 7.31. The molecule has 2 amide bonds. The molecule has 2 N–H and O–H groups in total. The van der Waals surface area contributed by atoms with E-state index in [4.69, 9.17) is 9.47 Å². The summed E-state index contributed by atoms with van der Waals surface area (Å²) < 4.78 is 10.3. The Bertz CT molecular complexity index is 711. The maximum atomic E-state index is 12.3. The minimum absolute atomic E-state index is 0.178. The summed E-state index contributed by atoms with van der Waals surface area (Å²) in [4.78, 5) is 23.7. The van der Waals surface area contributed by atoms with E-state index in [0.29, 0.717) is 28.3 Å². The summed E-state index contributed by atoms with van der Waals surface area (Å²) in [6.07, 6.45) is 0. The van der Waals surface area contributed by atoms with Crippen molar-refractivity contribution >= 4 is 17.5 Å². The van der Waals surface area contributed by atoms with Crippen molar-refractivity contribution in [2.75, 3.05) is 26.6 Å². The number of nitrogens with one attached hydrogen (secondary N) is 2. The third-order valence-electron chi connectivity index (χ3n) is 3.28. The molecule has 0 radical (unpaired) electrons. The number of hydrogen-bond acceptors (Lipinski definition) is 4. The van der Waals surface area contributed by atoms with Gasteiger partial charge in [-0.25, -0.2) is 0 Å². The molecular formula is C17H18N2O4. The van der Waals surface area contributed by atoms with Crippen molar-refractivity contribution in [2.45, 2.75) is 0 Å². The number of benzene rings is 2. The molecule has 6 nitrogen and oxygen atoms in total. The van der Waals surface area contributed by atoms with Gasteiger partial charge in [-0.05, 0) is 42.5 Å². The number of carbonyl (C=O) groups is 2. The van der Waals surface area contributed by atoms with E-state index in [-0.39, 0.29) is 11.8 Å². The van der Waals surface area contributed by atoms with Crippen molar-refractivity contribution in [1.29, 1.82) is 0 Å². The minimum Gasteiger partial charge on any atom is -0.493 e. The van der Waals surface area contributed by atoms with Crippen LogP contribution in [0.25, 0.3) is 0 Å². The van der Waals surface area contributed by atoms with E-state index in [0.717, 1.165) is 0 Å². The van der Waals surface area contributed by atoms with Gasteiger partial charge in [0.2, 0.25) is 0 Å². The lowest BCUT2D eigenvalue weighted by Gasteiger charge is -2.10. The number of carbonyl (C=O) groups excluding carboxylic acids is 2. The molecule has 0 bridgehead atoms. The molecule has 0 aliphatic carbocycles. The summed E-state index contributed by atoms with van der Waals surface area (Å²) in [5, 5.41) is 5.30. The first-order chi connectivity index (χ1) is 11.1. The van der Waals surface area contributed by atoms with E-state index in [1.807, 2.05) is 0 Å². The molecule has 2 aromatic carbocycles. The summed E-state index contributed by atoms with van der Waals surface area (Å²) >= 11 is 0. The van der Waals surface area contributed by atoms with E-state index in [2.05, 4.69) is 10.6 Å². The molecule has 0 heterocycles. The molecule has 0 aromatic heterocycles. The van der Waals surface area contributed by atoms with Crippen LogP contribution in [0.15, 0.2) is 42.5 Å². The highest BCUT2D eigenvalue weighted by Crippen LogP contribution is 2.27. The van der Waals surface area contributed by atoms with Crippen LogP contribution in [0.2, 0.25) is 0 Å². The van der Waals surface area contributed by atoms with Crippen molar-refractivity contribution in [3.8, 4) is 11.5 Å². The Balaban J connectivity index is 2.14. The number of ether oxygens (including phenoxy) is 2. The first-order valence-corrected chi connectivity index (χ1v) is 6.94. The molecule has 0 saturated heterocycles. The number of rotatable bonds is 5. The van der Waals surface area contributed by atoms with Crippen molar-refractivity contribution < 1.29 is 19.1 Å². The highest BCUT2D eigenvalue weighted by Gasteiger charge is 2.11. The van der Waals surface area contributed by atoms with Crippen LogP contribution < -0.4 is 20.1 Å². The van der Waals surface area contributed by atoms with Crippen molar-refractivity contribution in [2.24, 2.45) is 0 Å². The van der Waals surface area contributed by atoms with Gasteiger partial charge in [0.1, 0.15) is 0 Å². The first kappa shape index (κ1) is 16.4. The highest BCUT2D eigenvalue weighted by atomic mass is 16.5. The quantitative estimate of drug-likeness (QED) is 0.888. The largest absolute Gasteiger partial charge is 0.493 e. The third kappa shape index (κ3) is 3.79. The van der Waals surface area contributed by atoms with Gasteiger partial charge < -0.3 is 20.1 Å². The van der Waals surface area contributed by atoms with Crippen LogP contribution in [0.1, 0.15) is 20.7 Å². The normalized spacial score (nSPS) is 9.87. The summed E-state index contributed by atoms with van der Waals surface area (Å²) in [6, 6.07) is 11.5. The van der Waals surface area contributed by atoms with E-state index in [1.54, 1.807) is 49.5 Å². The van der Waals surface area contributed by atoms with Crippen LogP contribution in [0.5, 0.6) is 11.5 Å². The average Bonchev–Trinajstić information content (AvgIpc) is 2.60. The zero-order valence-electron chi connectivity index (χ0n) is 13.2. The molecule has 0 aliphatic heterocycles. The Labute approximate surface area is 134 Å². The lowest BCUT2D eigenvalue weighted by atomic mass is 10.1. The van der Waals surface area contributed by atoms with Gasteiger partial charge in [-0.3, -0.25) is 9.59 Å². The Hall–Kier alpha value is -3.02. The van der Waals surface area contributed by atoms with Crippen LogP contribution in [-0.2, 0) is 0 Å². The molecular weight excluding hydrogens is 296 g/mol. The molecule has 2 rings (SSSR count). The summed E-state index contributed by atoms with van der Waals surface area (Å²) in [6.45, 7) is 0. The fraction of sp³-hybridized carbons (Fsp3) is 0.176. The van der Waals surface area contributed by atoms with Crippen LogP contribution in [0.4, 0.5) is 5.69 Å². The Kier molecular flexibility index (Phi) is 5.19. The fourth-order valence-electron chi connectivity index (χ4n) is 2.03. The third-order valence-corrected chi connectivity index (χ3v) is 3.28. The van der Waals surface area contributed by atoms with Gasteiger partial charge in [0, 0.05) is 23.9 Å². The van der Waals surface area contributed by atoms with Crippen LogP contribution in [0.3, 0.4) is 0 Å². The molecule has 2 aromatic rings. The summed E-state index contributed by atoms with van der Waals surface area (Å²) in [7, 11) is 4.61. The van der Waals surface area contributed by atoms with Gasteiger partial charge in [0.05, 0.1) is 14.2 Å². The van der Waals surface area contributed by atoms with Crippen LogP contribution >= 0.6 is 0 Å². The molecule has 0 spiro atoms. The van der Waals surface area contributed by atoms with E-state index < -0.39 is 0 Å². The minimum atomic E-state index is -0.279. The number of anilines is 1. The fourth-order valence-corrected chi connectivity index (χ4v) is 2.03. The summed E-state index contributed by atoms with van der Waals surface area (Å²) in [5.41, 5.74) is 1.56. The lowest BCUT2D eigenvalue weighted by molar-refractivity contribution is 0.0962. The smallest absolute Gasteiger partial charge is 0.255 e.